The Labute approximate surface area is 182 Å². The summed E-state index contributed by atoms with van der Waals surface area (Å²) in [5.41, 5.74) is 4.55. The van der Waals surface area contributed by atoms with Crippen LogP contribution in [-0.4, -0.2) is 42.1 Å². The van der Waals surface area contributed by atoms with Crippen LogP contribution in [0.5, 0.6) is 0 Å². The average Bonchev–Trinajstić information content (AvgIpc) is 2.71. The van der Waals surface area contributed by atoms with Gasteiger partial charge in [0.2, 0.25) is 0 Å². The number of hydrogen-bond donors (Lipinski definition) is 3. The first-order valence-corrected chi connectivity index (χ1v) is 9.87. The highest BCUT2D eigenvalue weighted by molar-refractivity contribution is 6.02. The Morgan fingerprint density at radius 3 is 2.13 bits per heavy atom. The van der Waals surface area contributed by atoms with Crippen molar-refractivity contribution in [1.29, 1.82) is 0 Å². The highest BCUT2D eigenvalue weighted by Gasteiger charge is 2.38. The summed E-state index contributed by atoms with van der Waals surface area (Å²) in [5, 5.41) is 20.6. The number of aryl methyl sites for hydroxylation is 1. The molecule has 0 fully saturated rings. The monoisotopic (exact) mass is 427 g/mol. The van der Waals surface area contributed by atoms with Gasteiger partial charge in [-0.15, -0.1) is 0 Å². The second-order valence-electron chi connectivity index (χ2n) is 8.68. The van der Waals surface area contributed by atoms with Crippen molar-refractivity contribution in [3.8, 4) is 0 Å². The zero-order valence-corrected chi connectivity index (χ0v) is 18.7. The lowest BCUT2D eigenvalue weighted by Crippen LogP contribution is -2.40. The van der Waals surface area contributed by atoms with E-state index in [-0.39, 0.29) is 27.7 Å². The molecule has 0 unspecified atom stereocenters. The van der Waals surface area contributed by atoms with Crippen molar-refractivity contribution < 1.29 is 29.3 Å². The van der Waals surface area contributed by atoms with Gasteiger partial charge in [-0.1, -0.05) is 26.0 Å². The van der Waals surface area contributed by atoms with E-state index in [0.29, 0.717) is 6.29 Å². The van der Waals surface area contributed by atoms with Gasteiger partial charge in [-0.05, 0) is 55.7 Å². The third-order valence-electron chi connectivity index (χ3n) is 5.45. The molecule has 166 valence electrons. The molecular weight excluding hydrogens is 398 g/mol. The van der Waals surface area contributed by atoms with E-state index in [1.165, 1.54) is 28.4 Å². The molecule has 1 aliphatic rings. The van der Waals surface area contributed by atoms with Crippen molar-refractivity contribution in [3.05, 3.63) is 63.7 Å². The first-order valence-electron chi connectivity index (χ1n) is 9.87. The van der Waals surface area contributed by atoms with E-state index in [2.05, 4.69) is 52.1 Å². The molecule has 0 amide bonds. The van der Waals surface area contributed by atoms with Gasteiger partial charge in [0.1, 0.15) is 6.29 Å². The van der Waals surface area contributed by atoms with Gasteiger partial charge in [-0.2, -0.15) is 0 Å². The Morgan fingerprint density at radius 1 is 1.00 bits per heavy atom. The SMILES string of the molecule is CNc1cc2c(cc1C)C(C)(C)OCC2(C)C.O=Cc1ccc(C(=O)O)c(C(=O)O)c1. The zero-order valence-electron chi connectivity index (χ0n) is 18.7. The molecule has 3 rings (SSSR count). The number of carbonyl (C=O) groups excluding carboxylic acids is 1. The minimum absolute atomic E-state index is 0.0875. The normalized spacial score (nSPS) is 15.7. The number of ether oxygens (including phenoxy) is 1. The van der Waals surface area contributed by atoms with Crippen LogP contribution in [0.1, 0.15) is 75.5 Å². The van der Waals surface area contributed by atoms with E-state index in [9.17, 15) is 14.4 Å². The van der Waals surface area contributed by atoms with Crippen molar-refractivity contribution in [2.75, 3.05) is 19.0 Å². The van der Waals surface area contributed by atoms with Crippen LogP contribution in [0.3, 0.4) is 0 Å². The van der Waals surface area contributed by atoms with E-state index in [0.717, 1.165) is 18.7 Å². The third-order valence-corrected chi connectivity index (χ3v) is 5.45. The van der Waals surface area contributed by atoms with Crippen LogP contribution in [0.4, 0.5) is 5.69 Å². The highest BCUT2D eigenvalue weighted by Crippen LogP contribution is 2.42. The van der Waals surface area contributed by atoms with Crippen LogP contribution in [-0.2, 0) is 15.8 Å². The molecule has 2 aromatic rings. The predicted molar refractivity (Wildman–Crippen MR) is 118 cm³/mol. The molecule has 2 aromatic carbocycles. The van der Waals surface area contributed by atoms with Crippen molar-refractivity contribution in [2.45, 2.75) is 45.6 Å². The Balaban J connectivity index is 0.000000225. The van der Waals surface area contributed by atoms with E-state index in [1.807, 2.05) is 7.05 Å². The van der Waals surface area contributed by atoms with Crippen LogP contribution in [0.15, 0.2) is 30.3 Å². The van der Waals surface area contributed by atoms with E-state index in [1.54, 1.807) is 0 Å². The molecule has 0 aliphatic carbocycles. The molecule has 0 aromatic heterocycles. The molecular formula is C24H29NO6. The maximum Gasteiger partial charge on any atom is 0.336 e. The number of carboxylic acid groups (broad SMARTS) is 2. The second-order valence-corrected chi connectivity index (χ2v) is 8.68. The number of aldehydes is 1. The van der Waals surface area contributed by atoms with Gasteiger partial charge in [0.05, 0.1) is 23.3 Å². The largest absolute Gasteiger partial charge is 0.478 e. The lowest BCUT2D eigenvalue weighted by atomic mass is 9.75. The fourth-order valence-electron chi connectivity index (χ4n) is 3.55. The van der Waals surface area contributed by atoms with Gasteiger partial charge >= 0.3 is 11.9 Å². The first kappa shape index (κ1) is 24.1. The smallest absolute Gasteiger partial charge is 0.336 e. The Bertz CT molecular complexity index is 1020. The van der Waals surface area contributed by atoms with Crippen LogP contribution < -0.4 is 5.32 Å². The minimum Gasteiger partial charge on any atom is -0.478 e. The number of aromatic carboxylic acids is 2. The highest BCUT2D eigenvalue weighted by atomic mass is 16.5. The second kappa shape index (κ2) is 8.89. The maximum absolute atomic E-state index is 10.6. The maximum atomic E-state index is 10.6. The summed E-state index contributed by atoms with van der Waals surface area (Å²) in [7, 11) is 1.98. The Kier molecular flexibility index (Phi) is 6.91. The summed E-state index contributed by atoms with van der Waals surface area (Å²) in [4.78, 5) is 31.5. The summed E-state index contributed by atoms with van der Waals surface area (Å²) < 4.78 is 6.02. The molecule has 1 aliphatic heterocycles. The molecule has 31 heavy (non-hydrogen) atoms. The van der Waals surface area contributed by atoms with Gasteiger partial charge in [-0.25, -0.2) is 9.59 Å². The number of anilines is 1. The van der Waals surface area contributed by atoms with Gasteiger partial charge in [0.15, 0.2) is 0 Å². The summed E-state index contributed by atoms with van der Waals surface area (Å²) in [6.45, 7) is 11.7. The summed E-state index contributed by atoms with van der Waals surface area (Å²) >= 11 is 0. The Hall–Kier alpha value is -3.19. The van der Waals surface area contributed by atoms with Gasteiger partial charge in [-0.3, -0.25) is 4.79 Å². The number of rotatable bonds is 4. The molecule has 0 saturated carbocycles. The fraction of sp³-hybridized carbons (Fsp3) is 0.375. The molecule has 7 nitrogen and oxygen atoms in total. The minimum atomic E-state index is -1.37. The molecule has 0 radical (unpaired) electrons. The zero-order chi connectivity index (χ0) is 23.6. The molecule has 0 atom stereocenters. The quantitative estimate of drug-likeness (QED) is 0.617. The van der Waals surface area contributed by atoms with Crippen LogP contribution in [0.2, 0.25) is 0 Å². The molecule has 0 saturated heterocycles. The molecule has 1 heterocycles. The van der Waals surface area contributed by atoms with E-state index < -0.39 is 11.9 Å². The van der Waals surface area contributed by atoms with E-state index >= 15 is 0 Å². The number of hydrogen-bond acceptors (Lipinski definition) is 5. The van der Waals surface area contributed by atoms with Crippen molar-refractivity contribution in [3.63, 3.8) is 0 Å². The van der Waals surface area contributed by atoms with Gasteiger partial charge < -0.3 is 20.3 Å². The van der Waals surface area contributed by atoms with E-state index in [4.69, 9.17) is 14.9 Å². The number of fused-ring (bicyclic) bond motifs is 1. The van der Waals surface area contributed by atoms with Crippen molar-refractivity contribution in [1.82, 2.24) is 0 Å². The summed E-state index contributed by atoms with van der Waals surface area (Å²) in [5.74, 6) is -2.70. The number of nitrogens with one attached hydrogen (secondary N) is 1. The molecule has 0 bridgehead atoms. The van der Waals surface area contributed by atoms with Crippen LogP contribution >= 0.6 is 0 Å². The predicted octanol–water partition coefficient (Wildman–Crippen LogP) is 4.48. The number of benzene rings is 2. The Morgan fingerprint density at radius 2 is 1.61 bits per heavy atom. The van der Waals surface area contributed by atoms with Crippen molar-refractivity contribution >= 4 is 23.9 Å². The fourth-order valence-corrected chi connectivity index (χ4v) is 3.55. The molecule has 3 N–H and O–H groups in total. The lowest BCUT2D eigenvalue weighted by molar-refractivity contribution is -0.0587. The molecule has 7 heteroatoms. The summed E-state index contributed by atoms with van der Waals surface area (Å²) in [6.07, 6.45) is 0.456. The summed E-state index contributed by atoms with van der Waals surface area (Å²) in [6, 6.07) is 7.92. The van der Waals surface area contributed by atoms with Gasteiger partial charge in [0, 0.05) is 23.7 Å². The lowest BCUT2D eigenvalue weighted by Gasteiger charge is -2.42. The average molecular weight is 427 g/mol. The molecule has 0 spiro atoms. The first-order chi connectivity index (χ1) is 14.3. The third kappa shape index (κ3) is 5.11. The van der Waals surface area contributed by atoms with Crippen LogP contribution in [0.25, 0.3) is 0 Å². The number of carbonyl (C=O) groups is 3. The van der Waals surface area contributed by atoms with Crippen molar-refractivity contribution in [2.24, 2.45) is 0 Å². The standard InChI is InChI=1S/C15H23NO.C9H6O5/c1-10-7-12-11(8-13(10)16-6)14(2,3)9-17-15(12,4)5;10-4-5-1-2-6(8(11)12)7(3-5)9(13)14/h7-8,16H,9H2,1-6H3;1-4H,(H,11,12)(H,13,14). The number of carboxylic acids is 2. The van der Waals surface area contributed by atoms with Gasteiger partial charge in [0.25, 0.3) is 0 Å². The topological polar surface area (TPSA) is 113 Å². The van der Waals surface area contributed by atoms with Crippen LogP contribution in [0, 0.1) is 6.92 Å².